The van der Waals surface area contributed by atoms with E-state index in [-0.39, 0.29) is 11.4 Å². The molecule has 8 nitrogen and oxygen atoms in total. The number of benzene rings is 1. The number of primary amides is 1. The standard InChI is InChI=1S/C15H12ClN7O/c16-9-2-1-3-10(6-9)21-15-12(13(17)24)14(22-23-15)20-8-11-7-18-4-5-19-11/h1-8H,(H2,17,24)(H2,21,22,23). The SMILES string of the molecule is NC(=O)c1c(N=Cc2cnccn2)n[nH]c1Nc1cccc(Cl)c1. The van der Waals surface area contributed by atoms with Gasteiger partial charge in [-0.3, -0.25) is 19.9 Å². The second-order valence-corrected chi connectivity index (χ2v) is 5.12. The highest BCUT2D eigenvalue weighted by Gasteiger charge is 2.18. The molecule has 0 radical (unpaired) electrons. The van der Waals surface area contributed by atoms with E-state index in [0.717, 1.165) is 0 Å². The zero-order valence-electron chi connectivity index (χ0n) is 12.3. The summed E-state index contributed by atoms with van der Waals surface area (Å²) >= 11 is 5.94. The smallest absolute Gasteiger partial charge is 0.256 e. The summed E-state index contributed by atoms with van der Waals surface area (Å²) in [6.45, 7) is 0. The number of amides is 1. The van der Waals surface area contributed by atoms with Crippen LogP contribution in [0.25, 0.3) is 0 Å². The van der Waals surface area contributed by atoms with Crippen LogP contribution in [0.5, 0.6) is 0 Å². The molecule has 120 valence electrons. The van der Waals surface area contributed by atoms with Crippen molar-refractivity contribution in [1.29, 1.82) is 0 Å². The Labute approximate surface area is 141 Å². The topological polar surface area (TPSA) is 122 Å². The van der Waals surface area contributed by atoms with E-state index in [4.69, 9.17) is 17.3 Å². The van der Waals surface area contributed by atoms with Crippen LogP contribution in [0.3, 0.4) is 0 Å². The van der Waals surface area contributed by atoms with E-state index in [1.807, 2.05) is 0 Å². The molecule has 0 saturated heterocycles. The molecule has 0 saturated carbocycles. The van der Waals surface area contributed by atoms with Gasteiger partial charge in [0.1, 0.15) is 11.4 Å². The van der Waals surface area contributed by atoms with Crippen LogP contribution in [0.2, 0.25) is 5.02 Å². The molecule has 9 heteroatoms. The number of aromatic nitrogens is 4. The van der Waals surface area contributed by atoms with E-state index in [1.54, 1.807) is 30.5 Å². The number of nitrogens with zero attached hydrogens (tertiary/aromatic N) is 4. The molecular weight excluding hydrogens is 330 g/mol. The first kappa shape index (κ1) is 15.6. The predicted molar refractivity (Wildman–Crippen MR) is 91.1 cm³/mol. The summed E-state index contributed by atoms with van der Waals surface area (Å²) in [5.41, 5.74) is 6.79. The molecule has 0 fully saturated rings. The highest BCUT2D eigenvalue weighted by molar-refractivity contribution is 6.30. The molecule has 24 heavy (non-hydrogen) atoms. The number of hydrogen-bond acceptors (Lipinski definition) is 6. The van der Waals surface area contributed by atoms with E-state index >= 15 is 0 Å². The normalized spacial score (nSPS) is 10.9. The minimum absolute atomic E-state index is 0.134. The summed E-state index contributed by atoms with van der Waals surface area (Å²) in [7, 11) is 0. The minimum Gasteiger partial charge on any atom is -0.365 e. The third-order valence-corrected chi connectivity index (χ3v) is 3.22. The number of aromatic amines is 1. The van der Waals surface area contributed by atoms with E-state index in [0.29, 0.717) is 22.2 Å². The minimum atomic E-state index is -0.667. The van der Waals surface area contributed by atoms with Crippen molar-refractivity contribution >= 4 is 41.0 Å². The first-order valence-corrected chi connectivity index (χ1v) is 7.22. The summed E-state index contributed by atoms with van der Waals surface area (Å²) in [4.78, 5) is 23.9. The molecule has 3 aromatic rings. The molecule has 2 heterocycles. The monoisotopic (exact) mass is 341 g/mol. The van der Waals surface area contributed by atoms with Crippen molar-refractivity contribution in [2.24, 2.45) is 10.7 Å². The van der Waals surface area contributed by atoms with Crippen LogP contribution in [-0.4, -0.2) is 32.3 Å². The quantitative estimate of drug-likeness (QED) is 0.615. The Kier molecular flexibility index (Phi) is 4.48. The van der Waals surface area contributed by atoms with Gasteiger partial charge in [0, 0.05) is 23.1 Å². The largest absolute Gasteiger partial charge is 0.365 e. The molecule has 0 unspecified atom stereocenters. The maximum atomic E-state index is 11.8. The number of carbonyl (C=O) groups is 1. The molecular formula is C15H12ClN7O. The van der Waals surface area contributed by atoms with Crippen molar-refractivity contribution in [3.63, 3.8) is 0 Å². The molecule has 0 atom stereocenters. The Morgan fingerprint density at radius 1 is 1.38 bits per heavy atom. The molecule has 0 bridgehead atoms. The lowest BCUT2D eigenvalue weighted by Gasteiger charge is -2.05. The number of H-pyrrole nitrogens is 1. The van der Waals surface area contributed by atoms with Gasteiger partial charge in [-0.05, 0) is 18.2 Å². The number of anilines is 2. The van der Waals surface area contributed by atoms with Crippen molar-refractivity contribution in [2.75, 3.05) is 5.32 Å². The number of aliphatic imine (C=N–C) groups is 1. The highest BCUT2D eigenvalue weighted by Crippen LogP contribution is 2.27. The van der Waals surface area contributed by atoms with E-state index in [9.17, 15) is 4.79 Å². The molecule has 1 aromatic carbocycles. The zero-order chi connectivity index (χ0) is 16.9. The number of nitrogens with one attached hydrogen (secondary N) is 2. The van der Waals surface area contributed by atoms with Crippen molar-refractivity contribution in [3.8, 4) is 0 Å². The molecule has 4 N–H and O–H groups in total. The maximum Gasteiger partial charge on any atom is 0.256 e. The molecule has 3 rings (SSSR count). The average molecular weight is 342 g/mol. The number of rotatable bonds is 5. The van der Waals surface area contributed by atoms with Gasteiger partial charge < -0.3 is 11.1 Å². The van der Waals surface area contributed by atoms with E-state index < -0.39 is 5.91 Å². The van der Waals surface area contributed by atoms with Crippen LogP contribution in [0.15, 0.2) is 47.8 Å². The highest BCUT2D eigenvalue weighted by atomic mass is 35.5. The van der Waals surface area contributed by atoms with E-state index in [2.05, 4.69) is 30.5 Å². The Morgan fingerprint density at radius 2 is 2.25 bits per heavy atom. The van der Waals surface area contributed by atoms with Gasteiger partial charge in [-0.15, -0.1) is 0 Å². The fourth-order valence-corrected chi connectivity index (χ4v) is 2.16. The summed E-state index contributed by atoms with van der Waals surface area (Å²) < 4.78 is 0. The predicted octanol–water partition coefficient (Wildman–Crippen LogP) is 2.45. The Morgan fingerprint density at radius 3 is 2.96 bits per heavy atom. The average Bonchev–Trinajstić information content (AvgIpc) is 2.97. The van der Waals surface area contributed by atoms with Gasteiger partial charge in [-0.25, -0.2) is 4.99 Å². The Balaban J connectivity index is 1.90. The molecule has 0 aliphatic carbocycles. The number of hydrogen-bond donors (Lipinski definition) is 3. The van der Waals surface area contributed by atoms with Gasteiger partial charge >= 0.3 is 0 Å². The third kappa shape index (κ3) is 3.55. The van der Waals surface area contributed by atoms with Gasteiger partial charge in [-0.2, -0.15) is 5.10 Å². The van der Waals surface area contributed by atoms with Gasteiger partial charge in [0.05, 0.1) is 18.1 Å². The van der Waals surface area contributed by atoms with Crippen molar-refractivity contribution in [3.05, 3.63) is 59.1 Å². The van der Waals surface area contributed by atoms with Gasteiger partial charge in [0.25, 0.3) is 5.91 Å². The first-order valence-electron chi connectivity index (χ1n) is 6.84. The van der Waals surface area contributed by atoms with Crippen LogP contribution in [0.1, 0.15) is 16.1 Å². The van der Waals surface area contributed by atoms with Crippen LogP contribution in [0.4, 0.5) is 17.3 Å². The Bertz CT molecular complexity index is 892. The molecule has 0 aliphatic rings. The van der Waals surface area contributed by atoms with Crippen molar-refractivity contribution in [1.82, 2.24) is 20.2 Å². The first-order chi connectivity index (χ1) is 11.6. The number of halogens is 1. The lowest BCUT2D eigenvalue weighted by Crippen LogP contribution is -2.12. The summed E-state index contributed by atoms with van der Waals surface area (Å²) in [5.74, 6) is -0.187. The second-order valence-electron chi connectivity index (χ2n) is 4.69. The lowest BCUT2D eigenvalue weighted by atomic mass is 10.2. The van der Waals surface area contributed by atoms with Crippen LogP contribution in [0, 0.1) is 0 Å². The number of nitrogens with two attached hydrogens (primary N) is 1. The van der Waals surface area contributed by atoms with Gasteiger partial charge in [-0.1, -0.05) is 17.7 Å². The molecule has 1 amide bonds. The summed E-state index contributed by atoms with van der Waals surface area (Å²) in [6, 6.07) is 7.01. The van der Waals surface area contributed by atoms with Crippen LogP contribution in [-0.2, 0) is 0 Å². The fraction of sp³-hybridized carbons (Fsp3) is 0. The third-order valence-electron chi connectivity index (χ3n) is 2.99. The molecule has 0 spiro atoms. The van der Waals surface area contributed by atoms with Crippen molar-refractivity contribution < 1.29 is 4.79 Å². The summed E-state index contributed by atoms with van der Waals surface area (Å²) in [5, 5.41) is 10.3. The fourth-order valence-electron chi connectivity index (χ4n) is 1.96. The lowest BCUT2D eigenvalue weighted by molar-refractivity contribution is 0.100. The maximum absolute atomic E-state index is 11.8. The molecule has 0 aliphatic heterocycles. The number of carbonyl (C=O) groups excluding carboxylic acids is 1. The van der Waals surface area contributed by atoms with Crippen LogP contribution >= 0.6 is 11.6 Å². The second kappa shape index (κ2) is 6.88. The zero-order valence-corrected chi connectivity index (χ0v) is 13.0. The summed E-state index contributed by atoms with van der Waals surface area (Å²) in [6.07, 6.45) is 6.06. The Hall–Kier alpha value is -3.26. The van der Waals surface area contributed by atoms with Crippen molar-refractivity contribution in [2.45, 2.75) is 0 Å². The van der Waals surface area contributed by atoms with Gasteiger partial charge in [0.2, 0.25) is 0 Å². The van der Waals surface area contributed by atoms with Gasteiger partial charge in [0.15, 0.2) is 5.82 Å². The molecule has 2 aromatic heterocycles. The van der Waals surface area contributed by atoms with E-state index in [1.165, 1.54) is 18.6 Å². The van der Waals surface area contributed by atoms with Crippen LogP contribution < -0.4 is 11.1 Å².